The van der Waals surface area contributed by atoms with Crippen LogP contribution >= 0.6 is 11.5 Å². The third kappa shape index (κ3) is 3.77. The standard InChI is InChI=1S/C9H11N3O5S/c1-16-7(13)4-12(5-8(14)17-2)9(15)6-3-10-11-18-6/h3H,4-5H2,1-2H3. The number of nitrogens with zero attached hydrogens (tertiary/aromatic N) is 3. The van der Waals surface area contributed by atoms with E-state index in [0.717, 1.165) is 16.4 Å². The zero-order valence-electron chi connectivity index (χ0n) is 9.78. The second-order valence-corrected chi connectivity index (χ2v) is 3.88. The van der Waals surface area contributed by atoms with Gasteiger partial charge in [-0.3, -0.25) is 14.4 Å². The molecule has 9 heteroatoms. The lowest BCUT2D eigenvalue weighted by Crippen LogP contribution is -2.39. The zero-order chi connectivity index (χ0) is 13.5. The van der Waals surface area contributed by atoms with Crippen molar-refractivity contribution < 1.29 is 23.9 Å². The molecule has 98 valence electrons. The molecule has 1 aromatic rings. The van der Waals surface area contributed by atoms with Gasteiger partial charge in [0.2, 0.25) is 0 Å². The van der Waals surface area contributed by atoms with E-state index in [-0.39, 0.29) is 18.0 Å². The summed E-state index contributed by atoms with van der Waals surface area (Å²) in [7, 11) is 2.38. The summed E-state index contributed by atoms with van der Waals surface area (Å²) in [5, 5.41) is 3.51. The Morgan fingerprint density at radius 1 is 1.22 bits per heavy atom. The van der Waals surface area contributed by atoms with Crippen molar-refractivity contribution in [3.63, 3.8) is 0 Å². The first-order valence-electron chi connectivity index (χ1n) is 4.78. The quantitative estimate of drug-likeness (QED) is 0.656. The highest BCUT2D eigenvalue weighted by Crippen LogP contribution is 2.07. The van der Waals surface area contributed by atoms with E-state index in [9.17, 15) is 14.4 Å². The van der Waals surface area contributed by atoms with E-state index < -0.39 is 17.8 Å². The van der Waals surface area contributed by atoms with Crippen molar-refractivity contribution in [2.75, 3.05) is 27.3 Å². The lowest BCUT2D eigenvalue weighted by Gasteiger charge is -2.18. The Morgan fingerprint density at radius 3 is 2.17 bits per heavy atom. The van der Waals surface area contributed by atoms with Gasteiger partial charge in [0, 0.05) is 0 Å². The van der Waals surface area contributed by atoms with Crippen LogP contribution in [0.1, 0.15) is 9.67 Å². The molecular formula is C9H11N3O5S. The molecule has 1 aromatic heterocycles. The average molecular weight is 273 g/mol. The van der Waals surface area contributed by atoms with Gasteiger partial charge < -0.3 is 14.4 Å². The summed E-state index contributed by atoms with van der Waals surface area (Å²) in [6, 6.07) is 0. The van der Waals surface area contributed by atoms with Gasteiger partial charge in [0.1, 0.15) is 18.0 Å². The molecule has 0 aliphatic heterocycles. The van der Waals surface area contributed by atoms with Gasteiger partial charge in [0.25, 0.3) is 5.91 Å². The fourth-order valence-electron chi connectivity index (χ4n) is 1.06. The van der Waals surface area contributed by atoms with Crippen LogP contribution in [0.2, 0.25) is 0 Å². The second kappa shape index (κ2) is 6.64. The fourth-order valence-corrected chi connectivity index (χ4v) is 1.54. The highest BCUT2D eigenvalue weighted by molar-refractivity contribution is 7.07. The van der Waals surface area contributed by atoms with Crippen molar-refractivity contribution in [3.8, 4) is 0 Å². The molecule has 8 nitrogen and oxygen atoms in total. The summed E-state index contributed by atoms with van der Waals surface area (Å²) in [5.74, 6) is -1.80. The molecule has 0 aliphatic carbocycles. The molecule has 1 heterocycles. The zero-order valence-corrected chi connectivity index (χ0v) is 10.6. The molecule has 18 heavy (non-hydrogen) atoms. The molecule has 0 aromatic carbocycles. The van der Waals surface area contributed by atoms with Crippen molar-refractivity contribution >= 4 is 29.4 Å². The van der Waals surface area contributed by atoms with E-state index in [1.807, 2.05) is 0 Å². The molecular weight excluding hydrogens is 262 g/mol. The molecule has 0 aliphatic rings. The maximum atomic E-state index is 11.9. The topological polar surface area (TPSA) is 98.7 Å². The van der Waals surface area contributed by atoms with Crippen LogP contribution in [0.5, 0.6) is 0 Å². The lowest BCUT2D eigenvalue weighted by molar-refractivity contribution is -0.144. The summed E-state index contributed by atoms with van der Waals surface area (Å²) in [6.45, 7) is -0.690. The maximum absolute atomic E-state index is 11.9. The normalized spacial score (nSPS) is 9.67. The minimum absolute atomic E-state index is 0.225. The number of ether oxygens (including phenoxy) is 2. The number of aromatic nitrogens is 2. The molecule has 0 spiro atoms. The van der Waals surface area contributed by atoms with Crippen LogP contribution in [0.3, 0.4) is 0 Å². The van der Waals surface area contributed by atoms with Crippen LogP contribution in [0.4, 0.5) is 0 Å². The maximum Gasteiger partial charge on any atom is 0.325 e. The number of rotatable bonds is 5. The first kappa shape index (κ1) is 14.0. The molecule has 1 rings (SSSR count). The first-order chi connectivity index (χ1) is 8.58. The predicted molar refractivity (Wildman–Crippen MR) is 59.8 cm³/mol. The minimum atomic E-state index is -0.635. The average Bonchev–Trinajstić information content (AvgIpc) is 2.90. The molecule has 0 bridgehead atoms. The SMILES string of the molecule is COC(=O)CN(CC(=O)OC)C(=O)c1cnns1. The van der Waals surface area contributed by atoms with Crippen molar-refractivity contribution in [2.45, 2.75) is 0 Å². The van der Waals surface area contributed by atoms with Crippen LogP contribution in [0.25, 0.3) is 0 Å². The van der Waals surface area contributed by atoms with E-state index in [4.69, 9.17) is 0 Å². The highest BCUT2D eigenvalue weighted by Gasteiger charge is 2.23. The van der Waals surface area contributed by atoms with Gasteiger partial charge in [-0.15, -0.1) is 5.10 Å². The van der Waals surface area contributed by atoms with E-state index in [1.165, 1.54) is 20.4 Å². The van der Waals surface area contributed by atoms with Crippen molar-refractivity contribution in [1.82, 2.24) is 14.5 Å². The number of esters is 2. The predicted octanol–water partition coefficient (Wildman–Crippen LogP) is -0.674. The molecule has 1 amide bonds. The van der Waals surface area contributed by atoms with Gasteiger partial charge >= 0.3 is 11.9 Å². The Hall–Kier alpha value is -2.03. The molecule has 0 fully saturated rings. The van der Waals surface area contributed by atoms with Crippen LogP contribution in [0.15, 0.2) is 6.20 Å². The second-order valence-electron chi connectivity index (χ2n) is 3.10. The molecule has 0 unspecified atom stereocenters. The van der Waals surface area contributed by atoms with E-state index in [1.54, 1.807) is 0 Å². The lowest BCUT2D eigenvalue weighted by atomic mass is 10.4. The molecule has 0 saturated heterocycles. The minimum Gasteiger partial charge on any atom is -0.468 e. The summed E-state index contributed by atoms with van der Waals surface area (Å²) < 4.78 is 12.4. The third-order valence-electron chi connectivity index (χ3n) is 1.95. The number of hydrogen-bond acceptors (Lipinski definition) is 8. The number of carbonyl (C=O) groups is 3. The Bertz CT molecular complexity index is 415. The monoisotopic (exact) mass is 273 g/mol. The summed E-state index contributed by atoms with van der Waals surface area (Å²) in [5.41, 5.74) is 0. The van der Waals surface area contributed by atoms with Gasteiger partial charge in [-0.2, -0.15) is 0 Å². The van der Waals surface area contributed by atoms with E-state index >= 15 is 0 Å². The molecule has 0 atom stereocenters. The van der Waals surface area contributed by atoms with Crippen LogP contribution in [-0.4, -0.2) is 59.6 Å². The Kier molecular flexibility index (Phi) is 5.18. The third-order valence-corrected chi connectivity index (χ3v) is 2.61. The van der Waals surface area contributed by atoms with Gasteiger partial charge in [-0.05, 0) is 11.5 Å². The first-order valence-corrected chi connectivity index (χ1v) is 5.56. The van der Waals surface area contributed by atoms with E-state index in [2.05, 4.69) is 19.1 Å². The van der Waals surface area contributed by atoms with Gasteiger partial charge in [-0.25, -0.2) is 0 Å². The Labute approximate surface area is 107 Å². The molecule has 0 saturated carbocycles. The van der Waals surface area contributed by atoms with Crippen LogP contribution in [0, 0.1) is 0 Å². The van der Waals surface area contributed by atoms with Crippen molar-refractivity contribution in [3.05, 3.63) is 11.1 Å². The summed E-state index contributed by atoms with van der Waals surface area (Å²) >= 11 is 0.872. The Morgan fingerprint density at radius 2 is 1.78 bits per heavy atom. The number of methoxy groups -OCH3 is 2. The Balaban J connectivity index is 2.79. The van der Waals surface area contributed by atoms with Gasteiger partial charge in [0.15, 0.2) is 0 Å². The molecule has 0 radical (unpaired) electrons. The summed E-state index contributed by atoms with van der Waals surface area (Å²) in [6.07, 6.45) is 1.26. The number of hydrogen-bond donors (Lipinski definition) is 0. The van der Waals surface area contributed by atoms with Gasteiger partial charge in [0.05, 0.1) is 20.4 Å². The summed E-state index contributed by atoms with van der Waals surface area (Å²) in [4.78, 5) is 35.5. The largest absolute Gasteiger partial charge is 0.468 e. The van der Waals surface area contributed by atoms with Crippen LogP contribution < -0.4 is 0 Å². The number of carbonyl (C=O) groups excluding carboxylic acids is 3. The molecule has 0 N–H and O–H groups in total. The van der Waals surface area contributed by atoms with E-state index in [0.29, 0.717) is 0 Å². The van der Waals surface area contributed by atoms with Crippen molar-refractivity contribution in [2.24, 2.45) is 0 Å². The highest BCUT2D eigenvalue weighted by atomic mass is 32.1. The number of amides is 1. The smallest absolute Gasteiger partial charge is 0.325 e. The van der Waals surface area contributed by atoms with Gasteiger partial charge in [-0.1, -0.05) is 4.49 Å². The van der Waals surface area contributed by atoms with Crippen LogP contribution in [-0.2, 0) is 19.1 Å². The fraction of sp³-hybridized carbons (Fsp3) is 0.444. The van der Waals surface area contributed by atoms with Crippen molar-refractivity contribution in [1.29, 1.82) is 0 Å².